The van der Waals surface area contributed by atoms with E-state index >= 15 is 0 Å². The lowest BCUT2D eigenvalue weighted by Gasteiger charge is -2.15. The zero-order chi connectivity index (χ0) is 20.7. The number of carboxylic acids is 1. The third-order valence-corrected chi connectivity index (χ3v) is 5.75. The summed E-state index contributed by atoms with van der Waals surface area (Å²) in [5.74, 6) is -0.594. The topological polar surface area (TPSA) is 92.7 Å². The minimum atomic E-state index is -3.93. The average molecular weight is 411 g/mol. The van der Waals surface area contributed by atoms with E-state index in [0.29, 0.717) is 17.9 Å². The molecule has 0 amide bonds. The maximum Gasteiger partial charge on any atom is 0.322 e. The van der Waals surface area contributed by atoms with Crippen LogP contribution >= 0.6 is 0 Å². The van der Waals surface area contributed by atoms with Gasteiger partial charge in [-0.2, -0.15) is 4.72 Å². The Bertz CT molecular complexity index is 1040. The number of carbonyl (C=O) groups is 1. The summed E-state index contributed by atoms with van der Waals surface area (Å²) in [5.41, 5.74) is 1.72. The van der Waals surface area contributed by atoms with Crippen LogP contribution in [0, 0.1) is 0 Å². The van der Waals surface area contributed by atoms with Gasteiger partial charge in [0.1, 0.15) is 18.4 Å². The molecule has 0 bridgehead atoms. The SMILES string of the molecule is O=C(O)C(Cc1ccc(OCc2ccccc2)cc1)NS(=O)(=O)c1ccccc1. The summed E-state index contributed by atoms with van der Waals surface area (Å²) in [7, 11) is -3.93. The zero-order valence-electron chi connectivity index (χ0n) is 15.6. The minimum absolute atomic E-state index is 0.0142. The average Bonchev–Trinajstić information content (AvgIpc) is 2.74. The van der Waals surface area contributed by atoms with Gasteiger partial charge in [0.2, 0.25) is 10.0 Å². The number of hydrogen-bond donors (Lipinski definition) is 2. The van der Waals surface area contributed by atoms with E-state index in [1.54, 1.807) is 42.5 Å². The molecule has 0 saturated carbocycles. The summed E-state index contributed by atoms with van der Waals surface area (Å²) in [5, 5.41) is 9.46. The number of benzene rings is 3. The highest BCUT2D eigenvalue weighted by Gasteiger charge is 2.25. The van der Waals surface area contributed by atoms with Gasteiger partial charge in [0, 0.05) is 0 Å². The molecule has 0 aliphatic carbocycles. The largest absolute Gasteiger partial charge is 0.489 e. The van der Waals surface area contributed by atoms with Crippen molar-refractivity contribution in [2.75, 3.05) is 0 Å². The van der Waals surface area contributed by atoms with Crippen molar-refractivity contribution in [2.45, 2.75) is 24.0 Å². The van der Waals surface area contributed by atoms with Gasteiger partial charge < -0.3 is 9.84 Å². The summed E-state index contributed by atoms with van der Waals surface area (Å²) in [6, 6.07) is 23.1. The van der Waals surface area contributed by atoms with Gasteiger partial charge in [-0.15, -0.1) is 0 Å². The van der Waals surface area contributed by atoms with Gasteiger partial charge in [-0.1, -0.05) is 60.7 Å². The van der Waals surface area contributed by atoms with Crippen molar-refractivity contribution >= 4 is 16.0 Å². The number of ether oxygens (including phenoxy) is 1. The summed E-state index contributed by atoms with van der Waals surface area (Å²) in [4.78, 5) is 11.6. The predicted octanol–water partition coefficient (Wildman–Crippen LogP) is 3.24. The highest BCUT2D eigenvalue weighted by Crippen LogP contribution is 2.16. The second kappa shape index (κ2) is 9.36. The Morgan fingerprint density at radius 3 is 2.03 bits per heavy atom. The van der Waals surface area contributed by atoms with Crippen molar-refractivity contribution in [1.29, 1.82) is 0 Å². The molecule has 3 aromatic rings. The molecule has 0 radical (unpaired) electrons. The second-order valence-electron chi connectivity index (χ2n) is 6.45. The van der Waals surface area contributed by atoms with Crippen molar-refractivity contribution < 1.29 is 23.1 Å². The van der Waals surface area contributed by atoms with Crippen molar-refractivity contribution in [3.8, 4) is 5.75 Å². The first-order valence-electron chi connectivity index (χ1n) is 9.00. The number of nitrogens with one attached hydrogen (secondary N) is 1. The zero-order valence-corrected chi connectivity index (χ0v) is 16.4. The lowest BCUT2D eigenvalue weighted by atomic mass is 10.1. The van der Waals surface area contributed by atoms with Crippen LogP contribution in [0.4, 0.5) is 0 Å². The fourth-order valence-electron chi connectivity index (χ4n) is 2.73. The van der Waals surface area contributed by atoms with E-state index in [9.17, 15) is 18.3 Å². The second-order valence-corrected chi connectivity index (χ2v) is 8.16. The van der Waals surface area contributed by atoms with E-state index in [1.807, 2.05) is 30.3 Å². The fraction of sp³-hybridized carbons (Fsp3) is 0.136. The molecule has 7 heteroatoms. The quantitative estimate of drug-likeness (QED) is 0.564. The molecule has 150 valence electrons. The molecule has 3 aromatic carbocycles. The molecule has 0 aliphatic heterocycles. The van der Waals surface area contributed by atoms with E-state index < -0.39 is 22.0 Å². The Balaban J connectivity index is 1.64. The minimum Gasteiger partial charge on any atom is -0.489 e. The summed E-state index contributed by atoms with van der Waals surface area (Å²) >= 11 is 0. The summed E-state index contributed by atoms with van der Waals surface area (Å²) in [6.45, 7) is 0.425. The molecular formula is C22H21NO5S. The molecule has 6 nitrogen and oxygen atoms in total. The number of aliphatic carboxylic acids is 1. The van der Waals surface area contributed by atoms with Crippen LogP contribution in [0.1, 0.15) is 11.1 Å². The van der Waals surface area contributed by atoms with Crippen LogP contribution in [-0.4, -0.2) is 25.5 Å². The first-order valence-corrected chi connectivity index (χ1v) is 10.5. The van der Waals surface area contributed by atoms with Crippen LogP contribution in [0.5, 0.6) is 5.75 Å². The molecule has 0 heterocycles. The van der Waals surface area contributed by atoms with Crippen LogP contribution in [0.3, 0.4) is 0 Å². The molecular weight excluding hydrogens is 390 g/mol. The van der Waals surface area contributed by atoms with E-state index in [4.69, 9.17) is 4.74 Å². The van der Waals surface area contributed by atoms with Crippen molar-refractivity contribution in [2.24, 2.45) is 0 Å². The van der Waals surface area contributed by atoms with Crippen molar-refractivity contribution in [3.05, 3.63) is 96.1 Å². The number of carboxylic acid groups (broad SMARTS) is 1. The number of hydrogen-bond acceptors (Lipinski definition) is 4. The monoisotopic (exact) mass is 411 g/mol. The van der Waals surface area contributed by atoms with Gasteiger partial charge >= 0.3 is 5.97 Å². The third kappa shape index (κ3) is 5.91. The summed E-state index contributed by atoms with van der Waals surface area (Å²) in [6.07, 6.45) is 0.0142. The molecule has 0 spiro atoms. The lowest BCUT2D eigenvalue weighted by Crippen LogP contribution is -2.42. The van der Waals surface area contributed by atoms with Crippen LogP contribution in [0.15, 0.2) is 89.8 Å². The summed E-state index contributed by atoms with van der Waals surface area (Å²) < 4.78 is 32.8. The Morgan fingerprint density at radius 1 is 0.862 bits per heavy atom. The first-order chi connectivity index (χ1) is 13.9. The van der Waals surface area contributed by atoms with Crippen LogP contribution < -0.4 is 9.46 Å². The highest BCUT2D eigenvalue weighted by molar-refractivity contribution is 7.89. The number of rotatable bonds is 9. The van der Waals surface area contributed by atoms with Gasteiger partial charge in [-0.25, -0.2) is 8.42 Å². The van der Waals surface area contributed by atoms with Gasteiger partial charge in [0.25, 0.3) is 0 Å². The van der Waals surface area contributed by atoms with Crippen LogP contribution in [-0.2, 0) is 27.8 Å². The maximum absolute atomic E-state index is 12.4. The molecule has 1 unspecified atom stereocenters. The number of sulfonamides is 1. The van der Waals surface area contributed by atoms with Gasteiger partial charge in [-0.3, -0.25) is 4.79 Å². The molecule has 1 atom stereocenters. The Labute approximate surface area is 169 Å². The maximum atomic E-state index is 12.4. The van der Waals surface area contributed by atoms with E-state index in [0.717, 1.165) is 5.56 Å². The van der Waals surface area contributed by atoms with Crippen molar-refractivity contribution in [3.63, 3.8) is 0 Å². The van der Waals surface area contributed by atoms with E-state index in [2.05, 4.69) is 4.72 Å². The van der Waals surface area contributed by atoms with Gasteiger partial charge in [0.05, 0.1) is 4.90 Å². The molecule has 0 aliphatic rings. The normalized spacial score (nSPS) is 12.3. The standard InChI is InChI=1S/C22H21NO5S/c24-22(25)21(23-29(26,27)20-9-5-2-6-10-20)15-17-11-13-19(14-12-17)28-16-18-7-3-1-4-8-18/h1-14,21,23H,15-16H2,(H,24,25). The molecule has 0 saturated heterocycles. The van der Waals surface area contributed by atoms with Gasteiger partial charge in [0.15, 0.2) is 0 Å². The highest BCUT2D eigenvalue weighted by atomic mass is 32.2. The van der Waals surface area contributed by atoms with Crippen molar-refractivity contribution in [1.82, 2.24) is 4.72 Å². The van der Waals surface area contributed by atoms with Crippen LogP contribution in [0.25, 0.3) is 0 Å². The Morgan fingerprint density at radius 2 is 1.45 bits per heavy atom. The Kier molecular flexibility index (Phi) is 6.64. The molecule has 29 heavy (non-hydrogen) atoms. The Hall–Kier alpha value is -3.16. The lowest BCUT2D eigenvalue weighted by molar-refractivity contribution is -0.138. The first kappa shape index (κ1) is 20.6. The van der Waals surface area contributed by atoms with Gasteiger partial charge in [-0.05, 0) is 41.8 Å². The van der Waals surface area contributed by atoms with E-state index in [-0.39, 0.29) is 11.3 Å². The fourth-order valence-corrected chi connectivity index (χ4v) is 3.94. The van der Waals surface area contributed by atoms with E-state index in [1.165, 1.54) is 12.1 Å². The molecule has 3 rings (SSSR count). The van der Waals surface area contributed by atoms with Crippen LogP contribution in [0.2, 0.25) is 0 Å². The third-order valence-electron chi connectivity index (χ3n) is 4.26. The molecule has 2 N–H and O–H groups in total. The predicted molar refractivity (Wildman–Crippen MR) is 109 cm³/mol. The molecule has 0 aromatic heterocycles. The smallest absolute Gasteiger partial charge is 0.322 e. The molecule has 0 fully saturated rings.